The molecule has 2 nitrogen and oxygen atoms in total. The Labute approximate surface area is 69.6 Å². The number of allylic oxidation sites excluding steroid dienone is 1. The summed E-state index contributed by atoms with van der Waals surface area (Å²) in [4.78, 5) is 15.1. The van der Waals surface area contributed by atoms with Crippen LogP contribution < -0.4 is 0 Å². The van der Waals surface area contributed by atoms with E-state index in [0.717, 1.165) is 6.42 Å². The van der Waals surface area contributed by atoms with Crippen LogP contribution in [-0.2, 0) is 0 Å². The van der Waals surface area contributed by atoms with Crippen LogP contribution >= 0.6 is 11.3 Å². The first-order chi connectivity index (χ1) is 5.34. The monoisotopic (exact) mass is 167 g/mol. The second-order valence-electron chi connectivity index (χ2n) is 2.12. The number of Topliss-reactive ketones (excluding diaryl/α,β-unsaturated/α-hetero) is 1. The minimum absolute atomic E-state index is 0.103. The van der Waals surface area contributed by atoms with Gasteiger partial charge in [-0.3, -0.25) is 4.79 Å². The summed E-state index contributed by atoms with van der Waals surface area (Å²) in [5, 5.41) is 1.77. The second-order valence-corrected chi connectivity index (χ2v) is 2.84. The zero-order chi connectivity index (χ0) is 8.10. The molecular weight excluding hydrogens is 158 g/mol. The summed E-state index contributed by atoms with van der Waals surface area (Å²) in [6, 6.07) is 0. The molecule has 0 aliphatic carbocycles. The first kappa shape index (κ1) is 8.14. The van der Waals surface area contributed by atoms with Gasteiger partial charge in [0.05, 0.1) is 5.51 Å². The van der Waals surface area contributed by atoms with Gasteiger partial charge in [0.25, 0.3) is 0 Å². The van der Waals surface area contributed by atoms with Gasteiger partial charge in [-0.15, -0.1) is 17.9 Å². The van der Waals surface area contributed by atoms with E-state index in [-0.39, 0.29) is 5.78 Å². The average molecular weight is 167 g/mol. The Bertz CT molecular complexity index is 241. The molecule has 0 fully saturated rings. The topological polar surface area (TPSA) is 30.0 Å². The van der Waals surface area contributed by atoms with Gasteiger partial charge in [0.2, 0.25) is 0 Å². The molecule has 0 aliphatic rings. The standard InChI is InChI=1S/C8H9NOS/c1-2-3-4-8(10)7-5-11-6-9-7/h2,5-6H,1,3-4H2. The molecule has 0 atom stereocenters. The number of ketones is 1. The van der Waals surface area contributed by atoms with Gasteiger partial charge < -0.3 is 0 Å². The molecule has 0 saturated carbocycles. The second kappa shape index (κ2) is 4.03. The van der Waals surface area contributed by atoms with Crippen molar-refractivity contribution in [1.82, 2.24) is 4.98 Å². The minimum Gasteiger partial charge on any atom is -0.292 e. The zero-order valence-electron chi connectivity index (χ0n) is 6.12. The molecule has 3 heteroatoms. The van der Waals surface area contributed by atoms with Crippen LogP contribution in [0.1, 0.15) is 23.3 Å². The van der Waals surface area contributed by atoms with Crippen molar-refractivity contribution in [3.63, 3.8) is 0 Å². The molecule has 1 aromatic heterocycles. The summed E-state index contributed by atoms with van der Waals surface area (Å²) in [5.41, 5.74) is 2.25. The van der Waals surface area contributed by atoms with Gasteiger partial charge in [-0.2, -0.15) is 0 Å². The molecule has 11 heavy (non-hydrogen) atoms. The summed E-state index contributed by atoms with van der Waals surface area (Å²) in [7, 11) is 0. The molecule has 1 heterocycles. The SMILES string of the molecule is C=CCCC(=O)c1cscn1. The first-order valence-electron chi connectivity index (χ1n) is 3.37. The number of carbonyl (C=O) groups is 1. The van der Waals surface area contributed by atoms with Crippen molar-refractivity contribution in [2.75, 3.05) is 0 Å². The fourth-order valence-corrected chi connectivity index (χ4v) is 1.27. The molecular formula is C8H9NOS. The van der Waals surface area contributed by atoms with Gasteiger partial charge in [0.1, 0.15) is 5.69 Å². The summed E-state index contributed by atoms with van der Waals surface area (Å²) < 4.78 is 0. The van der Waals surface area contributed by atoms with Crippen molar-refractivity contribution in [3.05, 3.63) is 29.2 Å². The zero-order valence-corrected chi connectivity index (χ0v) is 6.93. The lowest BCUT2D eigenvalue weighted by Crippen LogP contribution is -1.97. The molecule has 0 aliphatic heterocycles. The number of nitrogens with zero attached hydrogens (tertiary/aromatic N) is 1. The third-order valence-electron chi connectivity index (χ3n) is 1.29. The highest BCUT2D eigenvalue weighted by Crippen LogP contribution is 2.05. The molecule has 0 N–H and O–H groups in total. The van der Waals surface area contributed by atoms with Crippen molar-refractivity contribution >= 4 is 17.1 Å². The van der Waals surface area contributed by atoms with E-state index in [0.29, 0.717) is 12.1 Å². The third-order valence-corrected chi connectivity index (χ3v) is 1.88. The first-order valence-corrected chi connectivity index (χ1v) is 4.31. The van der Waals surface area contributed by atoms with E-state index < -0.39 is 0 Å². The number of hydrogen-bond acceptors (Lipinski definition) is 3. The maximum atomic E-state index is 11.2. The van der Waals surface area contributed by atoms with Crippen LogP contribution in [0.25, 0.3) is 0 Å². The molecule has 0 unspecified atom stereocenters. The number of hydrogen-bond donors (Lipinski definition) is 0. The summed E-state index contributed by atoms with van der Waals surface area (Å²) >= 11 is 1.44. The maximum absolute atomic E-state index is 11.2. The van der Waals surface area contributed by atoms with Crippen LogP contribution in [0.2, 0.25) is 0 Å². The largest absolute Gasteiger partial charge is 0.292 e. The fraction of sp³-hybridized carbons (Fsp3) is 0.250. The molecule has 0 saturated heterocycles. The Balaban J connectivity index is 2.49. The molecule has 0 amide bonds. The van der Waals surface area contributed by atoms with Gasteiger partial charge in [-0.05, 0) is 6.42 Å². The van der Waals surface area contributed by atoms with Crippen molar-refractivity contribution in [2.24, 2.45) is 0 Å². The molecule has 0 aromatic carbocycles. The van der Waals surface area contributed by atoms with Crippen LogP contribution in [0.4, 0.5) is 0 Å². The van der Waals surface area contributed by atoms with Crippen LogP contribution in [0.5, 0.6) is 0 Å². The van der Waals surface area contributed by atoms with Gasteiger partial charge in [-0.25, -0.2) is 4.98 Å². The van der Waals surface area contributed by atoms with Crippen molar-refractivity contribution in [2.45, 2.75) is 12.8 Å². The van der Waals surface area contributed by atoms with Crippen LogP contribution in [-0.4, -0.2) is 10.8 Å². The normalized spacial score (nSPS) is 9.45. The Morgan fingerprint density at radius 2 is 2.64 bits per heavy atom. The van der Waals surface area contributed by atoms with E-state index in [1.54, 1.807) is 17.0 Å². The van der Waals surface area contributed by atoms with Crippen molar-refractivity contribution in [3.8, 4) is 0 Å². The summed E-state index contributed by atoms with van der Waals surface area (Å²) in [5.74, 6) is 0.103. The highest BCUT2D eigenvalue weighted by molar-refractivity contribution is 7.07. The minimum atomic E-state index is 0.103. The van der Waals surface area contributed by atoms with E-state index in [9.17, 15) is 4.79 Å². The van der Waals surface area contributed by atoms with Crippen LogP contribution in [0, 0.1) is 0 Å². The number of rotatable bonds is 4. The molecule has 0 spiro atoms. The lowest BCUT2D eigenvalue weighted by molar-refractivity contribution is 0.0979. The van der Waals surface area contributed by atoms with Crippen LogP contribution in [0.3, 0.4) is 0 Å². The van der Waals surface area contributed by atoms with Gasteiger partial charge in [-0.1, -0.05) is 6.08 Å². The lowest BCUT2D eigenvalue weighted by atomic mass is 10.2. The molecule has 1 rings (SSSR count). The Morgan fingerprint density at radius 3 is 3.18 bits per heavy atom. The van der Waals surface area contributed by atoms with Gasteiger partial charge in [0, 0.05) is 11.8 Å². The van der Waals surface area contributed by atoms with Crippen LogP contribution in [0.15, 0.2) is 23.5 Å². The quantitative estimate of drug-likeness (QED) is 0.508. The van der Waals surface area contributed by atoms with E-state index in [4.69, 9.17) is 0 Å². The molecule has 1 aromatic rings. The fourth-order valence-electron chi connectivity index (χ4n) is 0.711. The molecule has 0 radical (unpaired) electrons. The van der Waals surface area contributed by atoms with E-state index in [1.807, 2.05) is 0 Å². The van der Waals surface area contributed by atoms with E-state index in [2.05, 4.69) is 11.6 Å². The molecule has 0 bridgehead atoms. The summed E-state index contributed by atoms with van der Waals surface area (Å²) in [6.07, 6.45) is 2.99. The van der Waals surface area contributed by atoms with Crippen molar-refractivity contribution in [1.29, 1.82) is 0 Å². The van der Waals surface area contributed by atoms with Gasteiger partial charge in [0.15, 0.2) is 5.78 Å². The van der Waals surface area contributed by atoms with E-state index >= 15 is 0 Å². The summed E-state index contributed by atoms with van der Waals surface area (Å²) in [6.45, 7) is 3.54. The van der Waals surface area contributed by atoms with Crippen molar-refractivity contribution < 1.29 is 4.79 Å². The maximum Gasteiger partial charge on any atom is 0.182 e. The Morgan fingerprint density at radius 1 is 1.82 bits per heavy atom. The predicted octanol–water partition coefficient (Wildman–Crippen LogP) is 2.29. The average Bonchev–Trinajstić information content (AvgIpc) is 2.52. The predicted molar refractivity (Wildman–Crippen MR) is 45.9 cm³/mol. The Kier molecular flexibility index (Phi) is 2.98. The number of aromatic nitrogens is 1. The number of carbonyl (C=O) groups excluding carboxylic acids is 1. The highest BCUT2D eigenvalue weighted by Gasteiger charge is 2.04. The lowest BCUT2D eigenvalue weighted by Gasteiger charge is -1.90. The Hall–Kier alpha value is -0.960. The van der Waals surface area contributed by atoms with E-state index in [1.165, 1.54) is 11.3 Å². The molecule has 58 valence electrons. The smallest absolute Gasteiger partial charge is 0.182 e. The van der Waals surface area contributed by atoms with Gasteiger partial charge >= 0.3 is 0 Å². The third kappa shape index (κ3) is 2.27. The number of thiazole rings is 1. The highest BCUT2D eigenvalue weighted by atomic mass is 32.1.